The summed E-state index contributed by atoms with van der Waals surface area (Å²) >= 11 is 6.06. The molecule has 5 nitrogen and oxygen atoms in total. The van der Waals surface area contributed by atoms with Gasteiger partial charge in [0.1, 0.15) is 17.1 Å². The van der Waals surface area contributed by atoms with Crippen molar-refractivity contribution in [3.8, 4) is 0 Å². The van der Waals surface area contributed by atoms with Gasteiger partial charge in [-0.25, -0.2) is 9.97 Å². The van der Waals surface area contributed by atoms with E-state index in [0.717, 1.165) is 17.5 Å². The van der Waals surface area contributed by atoms with Gasteiger partial charge in [0.05, 0.1) is 23.6 Å². The van der Waals surface area contributed by atoms with Crippen LogP contribution in [-0.2, 0) is 0 Å². The van der Waals surface area contributed by atoms with Crippen LogP contribution in [0, 0.1) is 6.92 Å². The molecule has 1 saturated carbocycles. The normalized spacial score (nSPS) is 27.9. The van der Waals surface area contributed by atoms with E-state index in [1.54, 1.807) is 0 Å². The molecule has 0 spiro atoms. The van der Waals surface area contributed by atoms with Gasteiger partial charge in [-0.2, -0.15) is 0 Å². The molecule has 0 bridgehead atoms. The van der Waals surface area contributed by atoms with Gasteiger partial charge in [0.2, 0.25) is 0 Å². The lowest BCUT2D eigenvalue weighted by Crippen LogP contribution is -2.38. The van der Waals surface area contributed by atoms with Crippen LogP contribution in [0.1, 0.15) is 31.0 Å². The Hall–Kier alpha value is -1.17. The highest BCUT2D eigenvalue weighted by molar-refractivity contribution is 6.33. The van der Waals surface area contributed by atoms with Gasteiger partial charge in [0.25, 0.3) is 0 Å². The number of rotatable bonds is 1. The maximum atomic E-state index is 10.2. The van der Waals surface area contributed by atoms with Gasteiger partial charge in [-0.3, -0.25) is 0 Å². The van der Waals surface area contributed by atoms with Gasteiger partial charge in [0.15, 0.2) is 0 Å². The maximum absolute atomic E-state index is 10.2. The highest BCUT2D eigenvalue weighted by Gasteiger charge is 2.34. The second-order valence-electron chi connectivity index (χ2n) is 5.11. The summed E-state index contributed by atoms with van der Waals surface area (Å²) in [5.41, 5.74) is 1.59. The minimum Gasteiger partial charge on any atom is -0.391 e. The summed E-state index contributed by atoms with van der Waals surface area (Å²) in [6, 6.07) is 1.53. The fourth-order valence-electron chi connectivity index (χ4n) is 2.98. The Morgan fingerprint density at radius 2 is 1.95 bits per heavy atom. The van der Waals surface area contributed by atoms with Crippen molar-refractivity contribution in [1.82, 2.24) is 14.5 Å². The van der Waals surface area contributed by atoms with Crippen molar-refractivity contribution in [2.24, 2.45) is 0 Å². The first kappa shape index (κ1) is 12.8. The van der Waals surface area contributed by atoms with Crippen molar-refractivity contribution >= 4 is 22.6 Å². The van der Waals surface area contributed by atoms with E-state index in [1.165, 1.54) is 6.33 Å². The second kappa shape index (κ2) is 4.74. The molecule has 0 amide bonds. The topological polar surface area (TPSA) is 71.2 Å². The SMILES string of the molecule is Cc1cc2c(Cl)ncnc2n1C1[C@H](O)CCC[C@@H]1O. The molecule has 0 radical (unpaired) electrons. The number of aryl methyl sites for hydroxylation is 1. The fourth-order valence-corrected chi connectivity index (χ4v) is 3.16. The fraction of sp³-hybridized carbons (Fsp3) is 0.538. The molecule has 1 fully saturated rings. The first-order chi connectivity index (χ1) is 9.09. The van der Waals surface area contributed by atoms with Gasteiger partial charge >= 0.3 is 0 Å². The zero-order chi connectivity index (χ0) is 13.6. The summed E-state index contributed by atoms with van der Waals surface area (Å²) in [6.07, 6.45) is 2.51. The van der Waals surface area contributed by atoms with Gasteiger partial charge in [0, 0.05) is 5.69 Å². The molecule has 3 atom stereocenters. The van der Waals surface area contributed by atoms with Crippen LogP contribution in [0.25, 0.3) is 11.0 Å². The number of nitrogens with zero attached hydrogens (tertiary/aromatic N) is 3. The Morgan fingerprint density at radius 1 is 1.26 bits per heavy atom. The molecule has 102 valence electrons. The average molecular weight is 282 g/mol. The highest BCUT2D eigenvalue weighted by Crippen LogP contribution is 2.34. The van der Waals surface area contributed by atoms with E-state index in [2.05, 4.69) is 9.97 Å². The standard InChI is InChI=1S/C13H16ClN3O2/c1-7-5-8-12(14)15-6-16-13(8)17(7)11-9(18)3-2-4-10(11)19/h5-6,9-11,18-19H,2-4H2,1H3/t9-,10+,11?. The summed E-state index contributed by atoms with van der Waals surface area (Å²) < 4.78 is 1.89. The van der Waals surface area contributed by atoms with E-state index in [4.69, 9.17) is 11.6 Å². The lowest BCUT2D eigenvalue weighted by atomic mass is 9.89. The molecule has 0 saturated heterocycles. The first-order valence-corrected chi connectivity index (χ1v) is 6.81. The molecular weight excluding hydrogens is 266 g/mol. The quantitative estimate of drug-likeness (QED) is 0.783. The predicted molar refractivity (Wildman–Crippen MR) is 72.2 cm³/mol. The summed E-state index contributed by atoms with van der Waals surface area (Å²) in [4.78, 5) is 8.21. The molecule has 2 aromatic heterocycles. The highest BCUT2D eigenvalue weighted by atomic mass is 35.5. The van der Waals surface area contributed by atoms with Gasteiger partial charge < -0.3 is 14.8 Å². The van der Waals surface area contributed by atoms with E-state index < -0.39 is 12.2 Å². The third-order valence-electron chi connectivity index (χ3n) is 3.86. The molecular formula is C13H16ClN3O2. The van der Waals surface area contributed by atoms with Crippen molar-refractivity contribution in [2.75, 3.05) is 0 Å². The van der Waals surface area contributed by atoms with E-state index in [-0.39, 0.29) is 6.04 Å². The summed E-state index contributed by atoms with van der Waals surface area (Å²) in [5, 5.41) is 21.6. The molecule has 0 aromatic carbocycles. The lowest BCUT2D eigenvalue weighted by molar-refractivity contribution is -0.0146. The molecule has 3 rings (SSSR count). The Labute approximate surface area is 115 Å². The average Bonchev–Trinajstić information content (AvgIpc) is 2.68. The van der Waals surface area contributed by atoms with Crippen LogP contribution in [0.2, 0.25) is 5.15 Å². The number of fused-ring (bicyclic) bond motifs is 1. The van der Waals surface area contributed by atoms with Crippen LogP contribution in [0.5, 0.6) is 0 Å². The van der Waals surface area contributed by atoms with Crippen molar-refractivity contribution in [2.45, 2.75) is 44.4 Å². The van der Waals surface area contributed by atoms with E-state index >= 15 is 0 Å². The minimum absolute atomic E-state index is 0.364. The van der Waals surface area contributed by atoms with Gasteiger partial charge in [-0.15, -0.1) is 0 Å². The zero-order valence-corrected chi connectivity index (χ0v) is 11.4. The molecule has 0 aliphatic heterocycles. The number of hydrogen-bond acceptors (Lipinski definition) is 4. The van der Waals surface area contributed by atoms with Crippen molar-refractivity contribution in [3.05, 3.63) is 23.2 Å². The molecule has 6 heteroatoms. The summed E-state index contributed by atoms with van der Waals surface area (Å²) in [5.74, 6) is 0. The number of aromatic nitrogens is 3. The Kier molecular flexibility index (Phi) is 3.20. The Bertz CT molecular complexity index is 603. The van der Waals surface area contributed by atoms with Crippen LogP contribution in [0.4, 0.5) is 0 Å². The Morgan fingerprint density at radius 3 is 2.63 bits per heavy atom. The van der Waals surface area contributed by atoms with Gasteiger partial charge in [-0.1, -0.05) is 11.6 Å². The van der Waals surface area contributed by atoms with E-state index in [1.807, 2.05) is 17.6 Å². The lowest BCUT2D eigenvalue weighted by Gasteiger charge is -2.34. The molecule has 2 heterocycles. The summed E-state index contributed by atoms with van der Waals surface area (Å²) in [7, 11) is 0. The van der Waals surface area contributed by atoms with E-state index in [0.29, 0.717) is 23.6 Å². The van der Waals surface area contributed by atoms with Crippen LogP contribution < -0.4 is 0 Å². The number of halogens is 1. The molecule has 1 unspecified atom stereocenters. The zero-order valence-electron chi connectivity index (χ0n) is 10.6. The number of aliphatic hydroxyl groups excluding tert-OH is 2. The maximum Gasteiger partial charge on any atom is 0.145 e. The van der Waals surface area contributed by atoms with Gasteiger partial charge in [-0.05, 0) is 32.3 Å². The van der Waals surface area contributed by atoms with Crippen LogP contribution in [0.15, 0.2) is 12.4 Å². The molecule has 1 aliphatic rings. The largest absolute Gasteiger partial charge is 0.391 e. The molecule has 1 aliphatic carbocycles. The monoisotopic (exact) mass is 281 g/mol. The third kappa shape index (κ3) is 2.02. The Balaban J connectivity index is 2.18. The summed E-state index contributed by atoms with van der Waals surface area (Å²) in [6.45, 7) is 1.92. The van der Waals surface area contributed by atoms with E-state index in [9.17, 15) is 10.2 Å². The van der Waals surface area contributed by atoms with Crippen LogP contribution in [-0.4, -0.2) is 37.0 Å². The van der Waals surface area contributed by atoms with Crippen molar-refractivity contribution in [1.29, 1.82) is 0 Å². The van der Waals surface area contributed by atoms with Crippen LogP contribution >= 0.6 is 11.6 Å². The predicted octanol–water partition coefficient (Wildman–Crippen LogP) is 1.84. The number of aliphatic hydroxyl groups is 2. The molecule has 2 aromatic rings. The minimum atomic E-state index is -0.563. The molecule has 2 N–H and O–H groups in total. The molecule has 19 heavy (non-hydrogen) atoms. The second-order valence-corrected chi connectivity index (χ2v) is 5.47. The van der Waals surface area contributed by atoms with Crippen LogP contribution in [0.3, 0.4) is 0 Å². The smallest absolute Gasteiger partial charge is 0.145 e. The third-order valence-corrected chi connectivity index (χ3v) is 4.16. The number of hydrogen-bond donors (Lipinski definition) is 2. The first-order valence-electron chi connectivity index (χ1n) is 6.43. The van der Waals surface area contributed by atoms with Crippen molar-refractivity contribution < 1.29 is 10.2 Å². The van der Waals surface area contributed by atoms with Crippen molar-refractivity contribution in [3.63, 3.8) is 0 Å².